The van der Waals surface area contributed by atoms with E-state index >= 15 is 0 Å². The van der Waals surface area contributed by atoms with Gasteiger partial charge >= 0.3 is 12.0 Å². The average Bonchev–Trinajstić information content (AvgIpc) is 2.27. The van der Waals surface area contributed by atoms with Crippen LogP contribution in [-0.4, -0.2) is 66.0 Å². The van der Waals surface area contributed by atoms with Gasteiger partial charge in [0.25, 0.3) is 0 Å². The van der Waals surface area contributed by atoms with Gasteiger partial charge in [-0.1, -0.05) is 0 Å². The summed E-state index contributed by atoms with van der Waals surface area (Å²) in [5.41, 5.74) is -2.11. The van der Waals surface area contributed by atoms with Gasteiger partial charge in [0.2, 0.25) is 5.91 Å². The Bertz CT molecular complexity index is 402. The molecule has 0 aromatic carbocycles. The van der Waals surface area contributed by atoms with Crippen LogP contribution in [0.5, 0.6) is 0 Å². The van der Waals surface area contributed by atoms with Crippen molar-refractivity contribution in [3.05, 3.63) is 0 Å². The summed E-state index contributed by atoms with van der Waals surface area (Å²) in [4.78, 5) is 37.4. The molecular weight excluding hydrogens is 262 g/mol. The minimum absolute atomic E-state index is 0.0671. The van der Waals surface area contributed by atoms with Gasteiger partial charge in [0.05, 0.1) is 11.0 Å². The van der Waals surface area contributed by atoms with Gasteiger partial charge in [-0.25, -0.2) is 4.79 Å². The number of hydrogen-bond donors (Lipinski definition) is 2. The predicted octanol–water partition coefficient (Wildman–Crippen LogP) is 0.605. The molecule has 116 valence electrons. The number of nitrogens with zero attached hydrogens (tertiary/aromatic N) is 2. The fourth-order valence-electron chi connectivity index (χ4n) is 1.20. The Morgan fingerprint density at radius 3 is 1.85 bits per heavy atom. The summed E-state index contributed by atoms with van der Waals surface area (Å²) in [5.74, 6) is -1.22. The molecule has 0 rings (SSSR count). The van der Waals surface area contributed by atoms with E-state index in [0.717, 1.165) is 0 Å². The second kappa shape index (κ2) is 6.11. The van der Waals surface area contributed by atoms with Crippen molar-refractivity contribution < 1.29 is 19.5 Å². The second-order valence-electron chi connectivity index (χ2n) is 6.13. The van der Waals surface area contributed by atoms with Crippen LogP contribution in [0.4, 0.5) is 4.79 Å². The van der Waals surface area contributed by atoms with E-state index in [2.05, 4.69) is 5.32 Å². The number of nitrogens with one attached hydrogen (secondary N) is 1. The normalized spacial score (nSPS) is 11.8. The van der Waals surface area contributed by atoms with Crippen molar-refractivity contribution in [3.63, 3.8) is 0 Å². The lowest BCUT2D eigenvalue weighted by molar-refractivity contribution is -0.150. The average molecular weight is 287 g/mol. The van der Waals surface area contributed by atoms with Crippen LogP contribution in [0.25, 0.3) is 0 Å². The van der Waals surface area contributed by atoms with Crippen LogP contribution in [0.1, 0.15) is 27.7 Å². The Morgan fingerprint density at radius 2 is 1.50 bits per heavy atom. The molecule has 0 aromatic heterocycles. The summed E-state index contributed by atoms with van der Waals surface area (Å²) < 4.78 is 0. The zero-order valence-electron chi connectivity index (χ0n) is 13.3. The molecule has 0 unspecified atom stereocenters. The zero-order valence-corrected chi connectivity index (χ0v) is 13.3. The van der Waals surface area contributed by atoms with Crippen molar-refractivity contribution in [2.45, 2.75) is 33.2 Å². The third kappa shape index (κ3) is 4.11. The molecule has 0 atom stereocenters. The molecule has 0 aliphatic carbocycles. The lowest BCUT2D eigenvalue weighted by Gasteiger charge is -2.39. The van der Waals surface area contributed by atoms with Gasteiger partial charge in [-0.05, 0) is 27.7 Å². The first-order valence-corrected chi connectivity index (χ1v) is 6.29. The van der Waals surface area contributed by atoms with Crippen LogP contribution < -0.4 is 5.32 Å². The summed E-state index contributed by atoms with van der Waals surface area (Å²) in [6.45, 7) is 6.30. The third-order valence-electron chi connectivity index (χ3n) is 3.73. The van der Waals surface area contributed by atoms with Crippen LogP contribution in [0.3, 0.4) is 0 Å². The number of carbonyl (C=O) groups is 3. The molecule has 20 heavy (non-hydrogen) atoms. The number of amides is 3. The van der Waals surface area contributed by atoms with Crippen LogP contribution in [0.15, 0.2) is 0 Å². The molecule has 7 nitrogen and oxygen atoms in total. The molecule has 0 radical (unpaired) electrons. The number of hydrogen-bond acceptors (Lipinski definition) is 3. The van der Waals surface area contributed by atoms with Crippen LogP contribution in [-0.2, 0) is 9.59 Å². The van der Waals surface area contributed by atoms with Crippen molar-refractivity contribution in [1.29, 1.82) is 0 Å². The summed E-state index contributed by atoms with van der Waals surface area (Å²) in [5, 5.41) is 11.9. The summed E-state index contributed by atoms with van der Waals surface area (Å²) in [6, 6.07) is -0.487. The van der Waals surface area contributed by atoms with Gasteiger partial charge in [-0.2, -0.15) is 0 Å². The molecule has 0 heterocycles. The molecule has 0 bridgehead atoms. The Morgan fingerprint density at radius 1 is 1.05 bits per heavy atom. The van der Waals surface area contributed by atoms with E-state index in [0.29, 0.717) is 0 Å². The molecule has 2 N–H and O–H groups in total. The number of carboxylic acid groups (broad SMARTS) is 1. The predicted molar refractivity (Wildman–Crippen MR) is 75.4 cm³/mol. The smallest absolute Gasteiger partial charge is 0.318 e. The minimum atomic E-state index is -1.14. The first-order valence-electron chi connectivity index (χ1n) is 6.29. The van der Waals surface area contributed by atoms with E-state index in [1.165, 1.54) is 16.8 Å². The molecule has 3 amide bonds. The van der Waals surface area contributed by atoms with Gasteiger partial charge < -0.3 is 20.2 Å². The van der Waals surface area contributed by atoms with E-state index in [-0.39, 0.29) is 12.5 Å². The minimum Gasteiger partial charge on any atom is -0.481 e. The molecule has 0 saturated carbocycles. The number of likely N-dealkylation sites (N-methyl/N-ethyl adjacent to an activating group) is 2. The molecule has 0 fully saturated rings. The Hall–Kier alpha value is -1.79. The van der Waals surface area contributed by atoms with Crippen LogP contribution in [0.2, 0.25) is 0 Å². The maximum Gasteiger partial charge on any atom is 0.318 e. The molecule has 0 spiro atoms. The quantitative estimate of drug-likeness (QED) is 0.775. The van der Waals surface area contributed by atoms with E-state index < -0.39 is 23.0 Å². The lowest BCUT2D eigenvalue weighted by Crippen LogP contribution is -2.59. The SMILES string of the molecule is CN(C)C(=O)CN(C)C(=O)NC(C)(C)C(C)(C)C(=O)O. The molecule has 0 aliphatic rings. The van der Waals surface area contributed by atoms with Crippen molar-refractivity contribution in [1.82, 2.24) is 15.1 Å². The molecule has 0 saturated heterocycles. The zero-order chi connectivity index (χ0) is 16.3. The van der Waals surface area contributed by atoms with Crippen LogP contribution in [0, 0.1) is 5.41 Å². The standard InChI is InChI=1S/C13H25N3O4/c1-12(2,10(18)19)13(3,4)14-11(20)16(7)8-9(17)15(5)6/h8H2,1-7H3,(H,14,20)(H,18,19). The topological polar surface area (TPSA) is 90.0 Å². The van der Waals surface area contributed by atoms with E-state index in [9.17, 15) is 19.5 Å². The van der Waals surface area contributed by atoms with Crippen LogP contribution >= 0.6 is 0 Å². The van der Waals surface area contributed by atoms with Gasteiger partial charge in [0.15, 0.2) is 0 Å². The van der Waals surface area contributed by atoms with Gasteiger partial charge in [-0.15, -0.1) is 0 Å². The van der Waals surface area contributed by atoms with Crippen molar-refractivity contribution >= 4 is 17.9 Å². The maximum absolute atomic E-state index is 12.0. The first kappa shape index (κ1) is 18.2. The number of aliphatic carboxylic acids is 1. The first-order chi connectivity index (χ1) is 8.83. The highest BCUT2D eigenvalue weighted by Crippen LogP contribution is 2.30. The molecular formula is C13H25N3O4. The van der Waals surface area contributed by atoms with E-state index in [4.69, 9.17) is 0 Å². The van der Waals surface area contributed by atoms with E-state index in [1.54, 1.807) is 41.8 Å². The Kier molecular flexibility index (Phi) is 5.56. The second-order valence-corrected chi connectivity index (χ2v) is 6.13. The fraction of sp³-hybridized carbons (Fsp3) is 0.769. The van der Waals surface area contributed by atoms with Gasteiger partial charge in [0.1, 0.15) is 6.54 Å². The van der Waals surface area contributed by atoms with Gasteiger partial charge in [-0.3, -0.25) is 9.59 Å². The van der Waals surface area contributed by atoms with E-state index in [1.807, 2.05) is 0 Å². The number of carbonyl (C=O) groups excluding carboxylic acids is 2. The summed E-state index contributed by atoms with van der Waals surface area (Å²) in [6.07, 6.45) is 0. The summed E-state index contributed by atoms with van der Waals surface area (Å²) >= 11 is 0. The highest BCUT2D eigenvalue weighted by Gasteiger charge is 2.44. The number of carboxylic acids is 1. The third-order valence-corrected chi connectivity index (χ3v) is 3.73. The van der Waals surface area contributed by atoms with Crippen molar-refractivity contribution in [3.8, 4) is 0 Å². The highest BCUT2D eigenvalue weighted by atomic mass is 16.4. The number of urea groups is 1. The Labute approximate surface area is 119 Å². The fourth-order valence-corrected chi connectivity index (χ4v) is 1.20. The van der Waals surface area contributed by atoms with Gasteiger partial charge in [0, 0.05) is 21.1 Å². The largest absolute Gasteiger partial charge is 0.481 e. The molecule has 0 aliphatic heterocycles. The highest BCUT2D eigenvalue weighted by molar-refractivity contribution is 5.84. The Balaban J connectivity index is 4.83. The maximum atomic E-state index is 12.0. The molecule has 7 heteroatoms. The summed E-state index contributed by atoms with van der Waals surface area (Å²) in [7, 11) is 4.69. The van der Waals surface area contributed by atoms with Crippen molar-refractivity contribution in [2.24, 2.45) is 5.41 Å². The number of rotatable bonds is 5. The monoisotopic (exact) mass is 287 g/mol. The van der Waals surface area contributed by atoms with Crippen molar-refractivity contribution in [2.75, 3.05) is 27.7 Å². The lowest BCUT2D eigenvalue weighted by atomic mass is 9.74. The molecule has 0 aromatic rings.